The summed E-state index contributed by atoms with van der Waals surface area (Å²) in [4.78, 5) is 15.4. The normalized spacial score (nSPS) is 11.9. The van der Waals surface area contributed by atoms with Gasteiger partial charge in [-0.1, -0.05) is 54.6 Å². The number of nitrogens with one attached hydrogen (secondary N) is 1. The highest BCUT2D eigenvalue weighted by Gasteiger charge is 2.25. The lowest BCUT2D eigenvalue weighted by molar-refractivity contribution is -0.121. The Morgan fingerprint density at radius 3 is 2.48 bits per heavy atom. The van der Waals surface area contributed by atoms with Gasteiger partial charge in [-0.2, -0.15) is 0 Å². The molecule has 0 spiro atoms. The molecule has 4 heteroatoms. The molecule has 0 bridgehead atoms. The minimum atomic E-state index is -0.415. The number of nitrogens with zero attached hydrogens (tertiary/aromatic N) is 1. The summed E-state index contributed by atoms with van der Waals surface area (Å²) in [5.74, 6) is 0.766. The van der Waals surface area contributed by atoms with Crippen molar-refractivity contribution in [2.45, 2.75) is 26.4 Å². The highest BCUT2D eigenvalue weighted by molar-refractivity contribution is 5.96. The monoisotopic (exact) mass is 388 g/mol. The van der Waals surface area contributed by atoms with E-state index in [0.29, 0.717) is 6.54 Å². The number of aryl methyl sites for hydroxylation is 2. The van der Waals surface area contributed by atoms with Gasteiger partial charge in [-0.15, -0.1) is 0 Å². The van der Waals surface area contributed by atoms with Gasteiger partial charge in [0.15, 0.2) is 0 Å². The van der Waals surface area contributed by atoms with Crippen LogP contribution in [0.25, 0.3) is 0 Å². The first-order chi connectivity index (χ1) is 14.0. The van der Waals surface area contributed by atoms with E-state index in [9.17, 15) is 4.79 Å². The molecule has 3 rings (SSSR count). The number of hydrogen-bond donors (Lipinski definition) is 1. The maximum absolute atomic E-state index is 13.4. The molecule has 0 aromatic heterocycles. The molecule has 1 N–H and O–H groups in total. The first-order valence-electron chi connectivity index (χ1n) is 9.74. The standard InChI is InChI=1S/C25H28N2O2/c1-18-13-14-19(2)23(15-18)26-25(28)24(21-10-6-5-7-11-21)27(3)17-20-9-8-12-22(16-20)29-4/h5-16,24H,17H2,1-4H3,(H,26,28)/t24-/m1/s1. The minimum Gasteiger partial charge on any atom is -0.497 e. The summed E-state index contributed by atoms with van der Waals surface area (Å²) in [7, 11) is 3.63. The van der Waals surface area contributed by atoms with Crippen LogP contribution in [0.2, 0.25) is 0 Å². The summed E-state index contributed by atoms with van der Waals surface area (Å²) in [6, 6.07) is 23.5. The lowest BCUT2D eigenvalue weighted by Crippen LogP contribution is -2.34. The number of hydrogen-bond acceptors (Lipinski definition) is 3. The number of benzene rings is 3. The number of carbonyl (C=O) groups is 1. The predicted molar refractivity (Wildman–Crippen MR) is 118 cm³/mol. The van der Waals surface area contributed by atoms with Crippen LogP contribution in [0, 0.1) is 13.8 Å². The average molecular weight is 389 g/mol. The molecule has 0 aliphatic heterocycles. The molecule has 150 valence electrons. The predicted octanol–water partition coefficient (Wildman–Crippen LogP) is 5.12. The Morgan fingerprint density at radius 1 is 1.00 bits per heavy atom. The maximum Gasteiger partial charge on any atom is 0.246 e. The molecule has 0 unspecified atom stereocenters. The Labute approximate surface area is 173 Å². The molecule has 4 nitrogen and oxygen atoms in total. The first-order valence-corrected chi connectivity index (χ1v) is 9.74. The average Bonchev–Trinajstić information content (AvgIpc) is 2.72. The summed E-state index contributed by atoms with van der Waals surface area (Å²) in [5.41, 5.74) is 5.07. The third-order valence-electron chi connectivity index (χ3n) is 5.02. The second-order valence-corrected chi connectivity index (χ2v) is 7.39. The highest BCUT2D eigenvalue weighted by atomic mass is 16.5. The molecule has 0 aliphatic carbocycles. The van der Waals surface area contributed by atoms with Gasteiger partial charge in [-0.05, 0) is 61.3 Å². The number of carbonyl (C=O) groups excluding carboxylic acids is 1. The maximum atomic E-state index is 13.4. The molecule has 3 aromatic carbocycles. The Hall–Kier alpha value is -3.11. The molecule has 0 saturated carbocycles. The minimum absolute atomic E-state index is 0.0460. The summed E-state index contributed by atoms with van der Waals surface area (Å²) < 4.78 is 5.33. The van der Waals surface area contributed by atoms with Gasteiger partial charge >= 0.3 is 0 Å². The van der Waals surface area contributed by atoms with Gasteiger partial charge in [0.1, 0.15) is 11.8 Å². The summed E-state index contributed by atoms with van der Waals surface area (Å²) in [6.45, 7) is 4.65. The molecule has 0 heterocycles. The fourth-order valence-corrected chi connectivity index (χ4v) is 3.46. The fourth-order valence-electron chi connectivity index (χ4n) is 3.46. The smallest absolute Gasteiger partial charge is 0.246 e. The van der Waals surface area contributed by atoms with E-state index >= 15 is 0 Å². The molecular weight excluding hydrogens is 360 g/mol. The molecule has 3 aromatic rings. The van der Waals surface area contributed by atoms with E-state index in [1.54, 1.807) is 7.11 Å². The van der Waals surface area contributed by atoms with Gasteiger partial charge in [0.25, 0.3) is 0 Å². The van der Waals surface area contributed by atoms with Crippen LogP contribution < -0.4 is 10.1 Å². The first kappa shape index (κ1) is 20.6. The van der Waals surface area contributed by atoms with Crippen molar-refractivity contribution < 1.29 is 9.53 Å². The Balaban J connectivity index is 1.87. The van der Waals surface area contributed by atoms with E-state index < -0.39 is 6.04 Å². The zero-order valence-electron chi connectivity index (χ0n) is 17.5. The van der Waals surface area contributed by atoms with Crippen LogP contribution in [0.4, 0.5) is 5.69 Å². The number of amides is 1. The van der Waals surface area contributed by atoms with E-state index in [-0.39, 0.29) is 5.91 Å². The highest BCUT2D eigenvalue weighted by Crippen LogP contribution is 2.26. The number of rotatable bonds is 7. The molecule has 0 saturated heterocycles. The molecule has 0 aliphatic rings. The van der Waals surface area contributed by atoms with E-state index in [1.807, 2.05) is 87.6 Å². The lowest BCUT2D eigenvalue weighted by atomic mass is 10.0. The van der Waals surface area contributed by atoms with Gasteiger partial charge in [0.05, 0.1) is 7.11 Å². The number of ether oxygens (including phenoxy) is 1. The quantitative estimate of drug-likeness (QED) is 0.610. The second-order valence-electron chi connectivity index (χ2n) is 7.39. The fraction of sp³-hybridized carbons (Fsp3) is 0.240. The van der Waals surface area contributed by atoms with E-state index in [4.69, 9.17) is 4.74 Å². The van der Waals surface area contributed by atoms with Crippen molar-refractivity contribution in [3.05, 3.63) is 95.1 Å². The van der Waals surface area contributed by atoms with Crippen LogP contribution in [0.15, 0.2) is 72.8 Å². The Morgan fingerprint density at radius 2 is 1.76 bits per heavy atom. The van der Waals surface area contributed by atoms with Crippen LogP contribution in [0.3, 0.4) is 0 Å². The van der Waals surface area contributed by atoms with Crippen LogP contribution in [-0.4, -0.2) is 25.0 Å². The van der Waals surface area contributed by atoms with Crippen LogP contribution in [0.5, 0.6) is 5.75 Å². The third-order valence-corrected chi connectivity index (χ3v) is 5.02. The van der Waals surface area contributed by atoms with Crippen molar-refractivity contribution in [2.24, 2.45) is 0 Å². The van der Waals surface area contributed by atoms with Gasteiger partial charge in [0.2, 0.25) is 5.91 Å². The van der Waals surface area contributed by atoms with E-state index in [0.717, 1.165) is 33.7 Å². The topological polar surface area (TPSA) is 41.6 Å². The van der Waals surface area contributed by atoms with Crippen molar-refractivity contribution in [2.75, 3.05) is 19.5 Å². The largest absolute Gasteiger partial charge is 0.497 e. The van der Waals surface area contributed by atoms with E-state index in [2.05, 4.69) is 16.3 Å². The van der Waals surface area contributed by atoms with Crippen LogP contribution >= 0.6 is 0 Å². The van der Waals surface area contributed by atoms with Crippen molar-refractivity contribution >= 4 is 11.6 Å². The summed E-state index contributed by atoms with van der Waals surface area (Å²) in [6.07, 6.45) is 0. The molecule has 0 radical (unpaired) electrons. The third kappa shape index (κ3) is 5.24. The molecular formula is C25H28N2O2. The lowest BCUT2D eigenvalue weighted by Gasteiger charge is -2.28. The second kappa shape index (κ2) is 9.39. The van der Waals surface area contributed by atoms with Crippen molar-refractivity contribution in [1.82, 2.24) is 4.90 Å². The Kier molecular flexibility index (Phi) is 6.68. The van der Waals surface area contributed by atoms with Crippen molar-refractivity contribution in [3.63, 3.8) is 0 Å². The summed E-state index contributed by atoms with van der Waals surface area (Å²) in [5, 5.41) is 3.13. The van der Waals surface area contributed by atoms with Gasteiger partial charge in [-0.3, -0.25) is 9.69 Å². The van der Waals surface area contributed by atoms with E-state index in [1.165, 1.54) is 0 Å². The number of likely N-dealkylation sites (N-methyl/N-ethyl adjacent to an activating group) is 1. The number of anilines is 1. The zero-order chi connectivity index (χ0) is 20.8. The van der Waals surface area contributed by atoms with Crippen LogP contribution in [0.1, 0.15) is 28.3 Å². The SMILES string of the molecule is COc1cccc(CN(C)[C@@H](C(=O)Nc2cc(C)ccc2C)c2ccccc2)c1. The van der Waals surface area contributed by atoms with Gasteiger partial charge in [-0.25, -0.2) is 0 Å². The zero-order valence-corrected chi connectivity index (χ0v) is 17.5. The molecule has 1 amide bonds. The molecule has 1 atom stereocenters. The van der Waals surface area contributed by atoms with Gasteiger partial charge in [0, 0.05) is 12.2 Å². The van der Waals surface area contributed by atoms with Crippen molar-refractivity contribution in [1.29, 1.82) is 0 Å². The summed E-state index contributed by atoms with van der Waals surface area (Å²) >= 11 is 0. The number of methoxy groups -OCH3 is 1. The van der Waals surface area contributed by atoms with Crippen molar-refractivity contribution in [3.8, 4) is 5.75 Å². The molecule has 0 fully saturated rings. The van der Waals surface area contributed by atoms with Gasteiger partial charge < -0.3 is 10.1 Å². The Bertz CT molecular complexity index is 970. The van der Waals surface area contributed by atoms with Crippen LogP contribution in [-0.2, 0) is 11.3 Å². The molecule has 29 heavy (non-hydrogen) atoms.